The Hall–Kier alpha value is -2.01. The van der Waals surface area contributed by atoms with E-state index in [0.29, 0.717) is 10.0 Å². The van der Waals surface area contributed by atoms with Crippen molar-refractivity contribution in [3.05, 3.63) is 97.9 Å². The van der Waals surface area contributed by atoms with Crippen LogP contribution >= 0.6 is 39.1 Å². The van der Waals surface area contributed by atoms with Crippen molar-refractivity contribution in [2.75, 3.05) is 4.90 Å². The lowest BCUT2D eigenvalue weighted by Crippen LogP contribution is -2.38. The van der Waals surface area contributed by atoms with Gasteiger partial charge in [0.15, 0.2) is 0 Å². The van der Waals surface area contributed by atoms with E-state index in [9.17, 15) is 4.79 Å². The third-order valence-corrected chi connectivity index (χ3v) is 6.49. The normalized spacial score (nSPS) is 15.7. The lowest BCUT2D eigenvalue weighted by atomic mass is 9.91. The Labute approximate surface area is 188 Å². The van der Waals surface area contributed by atoms with Crippen LogP contribution in [0.2, 0.25) is 10.0 Å². The summed E-state index contributed by atoms with van der Waals surface area (Å²) in [4.78, 5) is 14.9. The van der Waals surface area contributed by atoms with Gasteiger partial charge in [-0.2, -0.15) is 0 Å². The number of carbonyl (C=O) groups is 1. The van der Waals surface area contributed by atoms with Crippen LogP contribution < -0.4 is 4.90 Å². The number of hydrogen-bond donors (Lipinski definition) is 0. The lowest BCUT2D eigenvalue weighted by molar-refractivity contribution is 0.143. The van der Waals surface area contributed by atoms with Gasteiger partial charge in [-0.25, -0.2) is 4.79 Å². The molecule has 0 bridgehead atoms. The van der Waals surface area contributed by atoms with E-state index in [-0.39, 0.29) is 18.7 Å². The van der Waals surface area contributed by atoms with Crippen molar-refractivity contribution in [3.8, 4) is 0 Å². The van der Waals surface area contributed by atoms with E-state index in [0.717, 1.165) is 39.7 Å². The molecule has 3 nitrogen and oxygen atoms in total. The molecule has 0 N–H and O–H groups in total. The zero-order valence-corrected chi connectivity index (χ0v) is 18.5. The molecular weight excluding hydrogens is 473 g/mol. The molecule has 0 saturated carbocycles. The summed E-state index contributed by atoms with van der Waals surface area (Å²) in [6, 6.07) is 20.9. The molecule has 0 fully saturated rings. The Balaban J connectivity index is 1.68. The SMILES string of the molecule is O=C(OCc1ccccc1)N1c2cc(Br)c(Cl)cc2CCC1c1ccc(Cl)cc1. The van der Waals surface area contributed by atoms with Crippen molar-refractivity contribution in [1.29, 1.82) is 0 Å². The largest absolute Gasteiger partial charge is 0.444 e. The number of carbonyl (C=O) groups excluding carboxylic acids is 1. The predicted molar refractivity (Wildman–Crippen MR) is 121 cm³/mol. The Morgan fingerprint density at radius 2 is 1.79 bits per heavy atom. The van der Waals surface area contributed by atoms with E-state index in [1.54, 1.807) is 4.90 Å². The average Bonchev–Trinajstić information content (AvgIpc) is 2.73. The molecule has 1 aliphatic rings. The van der Waals surface area contributed by atoms with Gasteiger partial charge in [0.2, 0.25) is 0 Å². The number of anilines is 1. The van der Waals surface area contributed by atoms with Gasteiger partial charge in [-0.3, -0.25) is 4.90 Å². The Morgan fingerprint density at radius 1 is 1.07 bits per heavy atom. The molecule has 1 amide bonds. The minimum atomic E-state index is -0.385. The number of amides is 1. The van der Waals surface area contributed by atoms with Crippen LogP contribution in [-0.2, 0) is 17.8 Å². The number of halogens is 3. The van der Waals surface area contributed by atoms with Crippen LogP contribution in [0.1, 0.15) is 29.2 Å². The first-order valence-corrected chi connectivity index (χ1v) is 10.8. The van der Waals surface area contributed by atoms with Gasteiger partial charge in [-0.05, 0) is 69.7 Å². The molecule has 0 spiro atoms. The Kier molecular flexibility index (Phi) is 6.14. The third-order valence-electron chi connectivity index (χ3n) is 5.04. The fourth-order valence-electron chi connectivity index (χ4n) is 3.61. The van der Waals surface area contributed by atoms with Crippen LogP contribution in [0.3, 0.4) is 0 Å². The highest BCUT2D eigenvalue weighted by Crippen LogP contribution is 2.42. The number of rotatable bonds is 3. The molecule has 0 radical (unpaired) electrons. The second-order valence-electron chi connectivity index (χ2n) is 6.91. The maximum atomic E-state index is 13.2. The third kappa shape index (κ3) is 4.45. The second-order valence-corrected chi connectivity index (χ2v) is 8.61. The maximum absolute atomic E-state index is 13.2. The highest BCUT2D eigenvalue weighted by atomic mass is 79.9. The van der Waals surface area contributed by atoms with Gasteiger partial charge in [0.1, 0.15) is 6.61 Å². The standard InChI is InChI=1S/C23H18BrCl2NO2/c24-19-13-22-17(12-20(19)26)8-11-21(16-6-9-18(25)10-7-16)27(22)23(28)29-14-15-4-2-1-3-5-15/h1-7,9-10,12-13,21H,8,11,14H2. The van der Waals surface area contributed by atoms with E-state index in [1.807, 2.05) is 66.7 Å². The molecule has 1 unspecified atom stereocenters. The highest BCUT2D eigenvalue weighted by Gasteiger charge is 2.34. The quantitative estimate of drug-likeness (QED) is 0.378. The Bertz CT molecular complexity index is 1030. The van der Waals surface area contributed by atoms with Crippen LogP contribution in [0.4, 0.5) is 10.5 Å². The zero-order chi connectivity index (χ0) is 20.4. The number of nitrogens with zero attached hydrogens (tertiary/aromatic N) is 1. The summed E-state index contributed by atoms with van der Waals surface area (Å²) in [5.41, 5.74) is 3.80. The summed E-state index contributed by atoms with van der Waals surface area (Å²) in [6.45, 7) is 0.216. The second kappa shape index (κ2) is 8.78. The number of benzene rings is 3. The molecule has 4 rings (SSSR count). The summed E-state index contributed by atoms with van der Waals surface area (Å²) < 4.78 is 6.43. The fourth-order valence-corrected chi connectivity index (χ4v) is 4.25. The highest BCUT2D eigenvalue weighted by molar-refractivity contribution is 9.10. The van der Waals surface area contributed by atoms with Crippen LogP contribution in [-0.4, -0.2) is 6.09 Å². The molecule has 1 aliphatic heterocycles. The van der Waals surface area contributed by atoms with E-state index in [1.165, 1.54) is 0 Å². The van der Waals surface area contributed by atoms with Gasteiger partial charge in [-0.1, -0.05) is 65.7 Å². The van der Waals surface area contributed by atoms with E-state index >= 15 is 0 Å². The van der Waals surface area contributed by atoms with E-state index in [4.69, 9.17) is 27.9 Å². The van der Waals surface area contributed by atoms with Crippen LogP contribution in [0.5, 0.6) is 0 Å². The minimum absolute atomic E-state index is 0.142. The molecule has 1 atom stereocenters. The topological polar surface area (TPSA) is 29.5 Å². The lowest BCUT2D eigenvalue weighted by Gasteiger charge is -2.37. The molecule has 0 aromatic heterocycles. The van der Waals surface area contributed by atoms with Crippen molar-refractivity contribution in [3.63, 3.8) is 0 Å². The van der Waals surface area contributed by atoms with Gasteiger partial charge >= 0.3 is 6.09 Å². The molecule has 1 heterocycles. The first-order chi connectivity index (χ1) is 14.0. The molecule has 29 heavy (non-hydrogen) atoms. The molecule has 3 aromatic carbocycles. The monoisotopic (exact) mass is 489 g/mol. The predicted octanol–water partition coefficient (Wildman–Crippen LogP) is 7.59. The Morgan fingerprint density at radius 3 is 2.52 bits per heavy atom. The summed E-state index contributed by atoms with van der Waals surface area (Å²) in [5.74, 6) is 0. The summed E-state index contributed by atoms with van der Waals surface area (Å²) >= 11 is 15.8. The number of aryl methyl sites for hydroxylation is 1. The minimum Gasteiger partial charge on any atom is -0.444 e. The van der Waals surface area contributed by atoms with Gasteiger partial charge in [-0.15, -0.1) is 0 Å². The molecular formula is C23H18BrCl2NO2. The van der Waals surface area contributed by atoms with Gasteiger partial charge < -0.3 is 4.74 Å². The van der Waals surface area contributed by atoms with E-state index < -0.39 is 0 Å². The van der Waals surface area contributed by atoms with Gasteiger partial charge in [0, 0.05) is 9.50 Å². The van der Waals surface area contributed by atoms with Crippen LogP contribution in [0, 0.1) is 0 Å². The van der Waals surface area contributed by atoms with Crippen molar-refractivity contribution in [2.45, 2.75) is 25.5 Å². The smallest absolute Gasteiger partial charge is 0.415 e. The average molecular weight is 491 g/mol. The van der Waals surface area contributed by atoms with Crippen LogP contribution in [0.25, 0.3) is 0 Å². The summed E-state index contributed by atoms with van der Waals surface area (Å²) in [6.07, 6.45) is 1.20. The number of fused-ring (bicyclic) bond motifs is 1. The van der Waals surface area contributed by atoms with Crippen molar-refractivity contribution in [1.82, 2.24) is 0 Å². The molecule has 148 valence electrons. The van der Waals surface area contributed by atoms with Crippen molar-refractivity contribution >= 4 is 50.9 Å². The van der Waals surface area contributed by atoms with Gasteiger partial charge in [0.05, 0.1) is 16.8 Å². The first-order valence-electron chi connectivity index (χ1n) is 9.26. The molecule has 0 aliphatic carbocycles. The van der Waals surface area contributed by atoms with Gasteiger partial charge in [0.25, 0.3) is 0 Å². The fraction of sp³-hybridized carbons (Fsp3) is 0.174. The van der Waals surface area contributed by atoms with Crippen molar-refractivity contribution in [2.24, 2.45) is 0 Å². The molecule has 3 aromatic rings. The maximum Gasteiger partial charge on any atom is 0.415 e. The van der Waals surface area contributed by atoms with E-state index in [2.05, 4.69) is 15.9 Å². The number of hydrogen-bond acceptors (Lipinski definition) is 2. The first kappa shape index (κ1) is 20.3. The number of ether oxygens (including phenoxy) is 1. The molecule has 0 saturated heterocycles. The zero-order valence-electron chi connectivity index (χ0n) is 15.4. The van der Waals surface area contributed by atoms with Crippen LogP contribution in [0.15, 0.2) is 71.2 Å². The summed E-state index contributed by atoms with van der Waals surface area (Å²) in [5, 5.41) is 1.30. The summed E-state index contributed by atoms with van der Waals surface area (Å²) in [7, 11) is 0. The molecule has 6 heteroatoms. The van der Waals surface area contributed by atoms with Crippen molar-refractivity contribution < 1.29 is 9.53 Å².